The Kier molecular flexibility index (Phi) is 12.9. The molecule has 0 amide bonds. The van der Waals surface area contributed by atoms with E-state index in [2.05, 4.69) is 53.4 Å². The van der Waals surface area contributed by atoms with Gasteiger partial charge in [-0.3, -0.25) is 19.9 Å². The number of fused-ring (bicyclic) bond motifs is 1. The quantitative estimate of drug-likeness (QED) is 0.0933. The first-order chi connectivity index (χ1) is 27.8. The molecule has 58 heavy (non-hydrogen) atoms. The first kappa shape index (κ1) is 41.5. The van der Waals surface area contributed by atoms with Crippen LogP contribution in [0.2, 0.25) is 5.02 Å². The largest absolute Gasteiger partial charge is 0.488 e. The Labute approximate surface area is 341 Å². The summed E-state index contributed by atoms with van der Waals surface area (Å²) in [5.41, 5.74) is 8.64. The lowest BCUT2D eigenvalue weighted by Crippen LogP contribution is -2.52. The Balaban J connectivity index is 1.27. The predicted octanol–water partition coefficient (Wildman–Crippen LogP) is 6.91. The van der Waals surface area contributed by atoms with Gasteiger partial charge in [-0.1, -0.05) is 54.1 Å². The Morgan fingerprint density at radius 3 is 2.38 bits per heavy atom. The van der Waals surface area contributed by atoms with Crippen molar-refractivity contribution < 1.29 is 24.5 Å². The number of aliphatic hydroxyl groups is 1. The van der Waals surface area contributed by atoms with Gasteiger partial charge in [-0.25, -0.2) is 4.98 Å². The van der Waals surface area contributed by atoms with E-state index in [1.54, 1.807) is 29.0 Å². The number of aliphatic carboxylic acids is 1. The molecular weight excluding hydrogens is 756 g/mol. The van der Waals surface area contributed by atoms with Crippen LogP contribution in [0.4, 0.5) is 0 Å². The molecule has 1 unspecified atom stereocenters. The van der Waals surface area contributed by atoms with Crippen molar-refractivity contribution in [2.45, 2.75) is 52.6 Å². The first-order valence-corrected chi connectivity index (χ1v) is 19.0. The van der Waals surface area contributed by atoms with Crippen molar-refractivity contribution in [2.24, 2.45) is 0 Å². The molecule has 0 aliphatic rings. The fraction of sp³-hybridized carbons (Fsp3) is 0.267. The van der Waals surface area contributed by atoms with Crippen molar-refractivity contribution in [1.82, 2.24) is 24.8 Å². The number of ether oxygens (including phenoxy) is 2. The van der Waals surface area contributed by atoms with Crippen LogP contribution >= 0.6 is 11.6 Å². The van der Waals surface area contributed by atoms with Gasteiger partial charge in [-0.2, -0.15) is 5.26 Å². The van der Waals surface area contributed by atoms with Gasteiger partial charge in [0, 0.05) is 49.2 Å². The van der Waals surface area contributed by atoms with Gasteiger partial charge < -0.3 is 29.2 Å². The molecule has 6 rings (SSSR count). The maximum absolute atomic E-state index is 12.7. The van der Waals surface area contributed by atoms with Gasteiger partial charge >= 0.3 is 5.97 Å². The zero-order valence-corrected chi connectivity index (χ0v) is 33.8. The minimum Gasteiger partial charge on any atom is -0.488 e. The van der Waals surface area contributed by atoms with Crippen molar-refractivity contribution in [3.8, 4) is 39.8 Å². The number of likely N-dealkylation sites (N-methyl/N-ethyl adjacent to an activating group) is 1. The van der Waals surface area contributed by atoms with Crippen LogP contribution in [0, 0.1) is 25.2 Å². The van der Waals surface area contributed by atoms with E-state index in [4.69, 9.17) is 21.1 Å². The van der Waals surface area contributed by atoms with Crippen LogP contribution in [0.5, 0.6) is 11.5 Å². The van der Waals surface area contributed by atoms with E-state index in [1.165, 1.54) is 19.3 Å². The molecule has 12 nitrogen and oxygen atoms in total. The second-order valence-corrected chi connectivity index (χ2v) is 15.0. The number of aliphatic hydroxyl groups excluding tert-OH is 1. The fourth-order valence-corrected chi connectivity index (χ4v) is 6.87. The summed E-state index contributed by atoms with van der Waals surface area (Å²) in [6.07, 6.45) is 4.44. The Morgan fingerprint density at radius 2 is 1.66 bits per heavy atom. The van der Waals surface area contributed by atoms with E-state index >= 15 is 0 Å². The Hall–Kier alpha value is -6.10. The molecule has 4 aromatic carbocycles. The molecule has 2 aromatic heterocycles. The molecule has 1 atom stereocenters. The molecular formula is C45H45ClN6O6. The van der Waals surface area contributed by atoms with Crippen LogP contribution in [0.25, 0.3) is 33.3 Å². The summed E-state index contributed by atoms with van der Waals surface area (Å²) in [4.78, 5) is 35.2. The van der Waals surface area contributed by atoms with Crippen molar-refractivity contribution >= 4 is 28.6 Å². The lowest BCUT2D eigenvalue weighted by atomic mass is 9.89. The SMILES string of the molecule is Cc1c(COc2cc(OCc3cncc(C#N)c3)c(CNC(C)(CO)C(=O)O)cc2Cl)cccc1-c1cccc(-c2ccc3c(c2)ncc(=O)n3CCN(C)C)c1C. The molecule has 0 saturated heterocycles. The molecule has 0 fully saturated rings. The highest BCUT2D eigenvalue weighted by atomic mass is 35.5. The summed E-state index contributed by atoms with van der Waals surface area (Å²) in [7, 11) is 3.96. The van der Waals surface area contributed by atoms with E-state index in [9.17, 15) is 25.1 Å². The molecule has 2 heterocycles. The number of hydrogen-bond donors (Lipinski definition) is 3. The van der Waals surface area contributed by atoms with Crippen LogP contribution in [0.1, 0.15) is 40.3 Å². The third-order valence-electron chi connectivity index (χ3n) is 10.3. The average molecular weight is 801 g/mol. The third-order valence-corrected chi connectivity index (χ3v) is 10.6. The van der Waals surface area contributed by atoms with E-state index in [0.29, 0.717) is 34.7 Å². The maximum atomic E-state index is 12.7. The molecule has 298 valence electrons. The van der Waals surface area contributed by atoms with Crippen LogP contribution < -0.4 is 20.3 Å². The second-order valence-electron chi connectivity index (χ2n) is 14.6. The van der Waals surface area contributed by atoms with E-state index in [-0.39, 0.29) is 30.3 Å². The molecule has 0 saturated carbocycles. The number of halogens is 1. The van der Waals surface area contributed by atoms with Crippen LogP contribution in [0.3, 0.4) is 0 Å². The molecule has 0 aliphatic carbocycles. The number of pyridine rings is 1. The number of carboxylic acids is 1. The third kappa shape index (κ3) is 9.20. The van der Waals surface area contributed by atoms with Crippen molar-refractivity contribution in [2.75, 3.05) is 27.2 Å². The number of aromatic nitrogens is 3. The van der Waals surface area contributed by atoms with Crippen molar-refractivity contribution in [1.29, 1.82) is 5.26 Å². The number of benzene rings is 4. The van der Waals surface area contributed by atoms with Gasteiger partial charge in [0.2, 0.25) is 0 Å². The standard InChI is InChI=1S/C45H45ClN6O6/c1-28-33(26-58-42-19-41(57-25-31-16-30(20-47)21-48-22-31)34(17-38(42)46)23-50-45(3,27-53)44(55)56)8-6-10-36(28)37-11-7-9-35(29(37)2)32-12-13-40-39(18-32)49-24-43(54)52(40)15-14-51(4)5/h6-13,16-19,21-22,24,50,53H,14-15,23,25-27H2,1-5H3,(H,55,56). The highest BCUT2D eigenvalue weighted by molar-refractivity contribution is 6.32. The summed E-state index contributed by atoms with van der Waals surface area (Å²) >= 11 is 6.77. The van der Waals surface area contributed by atoms with Gasteiger partial charge in [0.05, 0.1) is 34.4 Å². The minimum absolute atomic E-state index is 0.0162. The average Bonchev–Trinajstić information content (AvgIpc) is 3.22. The van der Waals surface area contributed by atoms with Crippen LogP contribution in [-0.2, 0) is 31.1 Å². The molecule has 0 aliphatic heterocycles. The number of nitriles is 1. The number of hydrogen-bond acceptors (Lipinski definition) is 10. The number of nitrogens with zero attached hydrogens (tertiary/aromatic N) is 5. The predicted molar refractivity (Wildman–Crippen MR) is 224 cm³/mol. The summed E-state index contributed by atoms with van der Waals surface area (Å²) < 4.78 is 14.3. The van der Waals surface area contributed by atoms with E-state index in [1.807, 2.05) is 55.4 Å². The lowest BCUT2D eigenvalue weighted by molar-refractivity contribution is -0.145. The van der Waals surface area contributed by atoms with E-state index < -0.39 is 18.1 Å². The number of carboxylic acid groups (broad SMARTS) is 1. The normalized spacial score (nSPS) is 12.3. The maximum Gasteiger partial charge on any atom is 0.326 e. The van der Waals surface area contributed by atoms with Gasteiger partial charge in [0.15, 0.2) is 0 Å². The first-order valence-electron chi connectivity index (χ1n) is 18.7. The highest BCUT2D eigenvalue weighted by Gasteiger charge is 2.32. The monoisotopic (exact) mass is 800 g/mol. The fourth-order valence-electron chi connectivity index (χ4n) is 6.63. The van der Waals surface area contributed by atoms with Crippen molar-refractivity contribution in [3.05, 3.63) is 140 Å². The zero-order valence-electron chi connectivity index (χ0n) is 33.0. The molecule has 3 N–H and O–H groups in total. The molecule has 0 radical (unpaired) electrons. The Morgan fingerprint density at radius 1 is 0.931 bits per heavy atom. The highest BCUT2D eigenvalue weighted by Crippen LogP contribution is 2.37. The zero-order chi connectivity index (χ0) is 41.6. The van der Waals surface area contributed by atoms with Crippen molar-refractivity contribution in [3.63, 3.8) is 0 Å². The molecule has 0 bridgehead atoms. The second kappa shape index (κ2) is 18.0. The van der Waals surface area contributed by atoms with Gasteiger partial charge in [0.25, 0.3) is 5.56 Å². The van der Waals surface area contributed by atoms with Crippen LogP contribution in [0.15, 0.2) is 96.2 Å². The molecule has 13 heteroatoms. The summed E-state index contributed by atoms with van der Waals surface area (Å²) in [5, 5.41) is 32.0. The van der Waals surface area contributed by atoms with Gasteiger partial charge in [-0.15, -0.1) is 0 Å². The van der Waals surface area contributed by atoms with E-state index in [0.717, 1.165) is 56.5 Å². The van der Waals surface area contributed by atoms with Gasteiger partial charge in [0.1, 0.15) is 36.3 Å². The smallest absolute Gasteiger partial charge is 0.326 e. The summed E-state index contributed by atoms with van der Waals surface area (Å²) in [6.45, 7) is 6.49. The van der Waals surface area contributed by atoms with Gasteiger partial charge in [-0.05, 0) is 98.1 Å². The lowest BCUT2D eigenvalue weighted by Gasteiger charge is -2.25. The number of carbonyl (C=O) groups is 1. The molecule has 0 spiro atoms. The summed E-state index contributed by atoms with van der Waals surface area (Å²) in [6, 6.07) is 25.4. The number of rotatable bonds is 16. The van der Waals surface area contributed by atoms with Crippen LogP contribution in [-0.4, -0.2) is 68.4 Å². The number of nitrogens with one attached hydrogen (secondary N) is 1. The molecule has 6 aromatic rings. The summed E-state index contributed by atoms with van der Waals surface area (Å²) in [5.74, 6) is -0.483. The minimum atomic E-state index is -1.60. The Bertz CT molecular complexity index is 2590. The topological polar surface area (TPSA) is 163 Å².